The Hall–Kier alpha value is -3.42. The van der Waals surface area contributed by atoms with Gasteiger partial charge in [-0.15, -0.1) is 0 Å². The summed E-state index contributed by atoms with van der Waals surface area (Å²) in [5.41, 5.74) is 1.03. The summed E-state index contributed by atoms with van der Waals surface area (Å²) in [7, 11) is 1.29. The molecule has 1 heterocycles. The molecule has 0 bridgehead atoms. The van der Waals surface area contributed by atoms with Gasteiger partial charge in [-0.1, -0.05) is 0 Å². The molecule has 0 unspecified atom stereocenters. The molecule has 1 aromatic heterocycles. The van der Waals surface area contributed by atoms with Gasteiger partial charge in [-0.05, 0) is 18.2 Å². The number of carbonyl (C=O) groups excluding carboxylic acids is 1. The summed E-state index contributed by atoms with van der Waals surface area (Å²) in [6.07, 6.45) is 1.29. The van der Waals surface area contributed by atoms with Crippen LogP contribution in [0.3, 0.4) is 0 Å². The SMILES string of the molecule is COc1cc(C(=O)Oc2ccc3ocnc3c2)ccc1[N+](=O)[O-]. The predicted octanol–water partition coefficient (Wildman–Crippen LogP) is 2.96. The molecule has 116 valence electrons. The number of fused-ring (bicyclic) bond motifs is 1. The van der Waals surface area contributed by atoms with Gasteiger partial charge < -0.3 is 13.9 Å². The molecule has 0 fully saturated rings. The molecule has 0 aliphatic rings. The summed E-state index contributed by atoms with van der Waals surface area (Å²) < 4.78 is 15.3. The fraction of sp³-hybridized carbons (Fsp3) is 0.0667. The lowest BCUT2D eigenvalue weighted by molar-refractivity contribution is -0.385. The van der Waals surface area contributed by atoms with Crippen molar-refractivity contribution in [2.45, 2.75) is 0 Å². The highest BCUT2D eigenvalue weighted by Crippen LogP contribution is 2.28. The van der Waals surface area contributed by atoms with Crippen LogP contribution in [0.1, 0.15) is 10.4 Å². The zero-order valence-electron chi connectivity index (χ0n) is 11.9. The average molecular weight is 314 g/mol. The van der Waals surface area contributed by atoms with Crippen molar-refractivity contribution in [2.75, 3.05) is 7.11 Å². The molecular weight excluding hydrogens is 304 g/mol. The molecule has 0 spiro atoms. The normalized spacial score (nSPS) is 10.5. The van der Waals surface area contributed by atoms with Crippen LogP contribution in [-0.2, 0) is 0 Å². The molecule has 3 aromatic rings. The van der Waals surface area contributed by atoms with E-state index in [4.69, 9.17) is 13.9 Å². The van der Waals surface area contributed by atoms with Crippen LogP contribution in [0.25, 0.3) is 11.1 Å². The second-order valence-electron chi connectivity index (χ2n) is 4.52. The number of methoxy groups -OCH3 is 1. The van der Waals surface area contributed by atoms with Crippen molar-refractivity contribution in [3.05, 3.63) is 58.5 Å². The minimum Gasteiger partial charge on any atom is -0.490 e. The molecule has 8 nitrogen and oxygen atoms in total. The van der Waals surface area contributed by atoms with Crippen molar-refractivity contribution in [1.29, 1.82) is 0 Å². The fourth-order valence-corrected chi connectivity index (χ4v) is 2.02. The maximum absolute atomic E-state index is 12.1. The summed E-state index contributed by atoms with van der Waals surface area (Å²) in [5, 5.41) is 10.8. The van der Waals surface area contributed by atoms with Crippen LogP contribution in [0.5, 0.6) is 11.5 Å². The number of aromatic nitrogens is 1. The second kappa shape index (κ2) is 5.76. The Kier molecular flexibility index (Phi) is 3.63. The van der Waals surface area contributed by atoms with Gasteiger partial charge in [0.05, 0.1) is 17.6 Å². The molecule has 0 atom stereocenters. The van der Waals surface area contributed by atoms with E-state index < -0.39 is 10.9 Å². The zero-order chi connectivity index (χ0) is 16.4. The van der Waals surface area contributed by atoms with Gasteiger partial charge in [0.15, 0.2) is 17.7 Å². The summed E-state index contributed by atoms with van der Waals surface area (Å²) in [5.74, 6) is -0.397. The van der Waals surface area contributed by atoms with Gasteiger partial charge in [0.1, 0.15) is 11.3 Å². The monoisotopic (exact) mass is 314 g/mol. The third-order valence-corrected chi connectivity index (χ3v) is 3.12. The molecule has 23 heavy (non-hydrogen) atoms. The van der Waals surface area contributed by atoms with Crippen molar-refractivity contribution in [3.63, 3.8) is 0 Å². The molecule has 0 amide bonds. The highest BCUT2D eigenvalue weighted by molar-refractivity contribution is 5.92. The summed E-state index contributed by atoms with van der Waals surface area (Å²) in [4.78, 5) is 26.4. The lowest BCUT2D eigenvalue weighted by Crippen LogP contribution is -2.09. The van der Waals surface area contributed by atoms with Gasteiger partial charge in [0, 0.05) is 18.2 Å². The first-order chi connectivity index (χ1) is 11.1. The lowest BCUT2D eigenvalue weighted by atomic mass is 10.2. The molecule has 0 N–H and O–H groups in total. The largest absolute Gasteiger partial charge is 0.490 e. The molecule has 2 aromatic carbocycles. The highest BCUT2D eigenvalue weighted by Gasteiger charge is 2.18. The Labute approximate surface area is 129 Å². The molecule has 0 aliphatic carbocycles. The van der Waals surface area contributed by atoms with E-state index >= 15 is 0 Å². The number of hydrogen-bond acceptors (Lipinski definition) is 7. The number of nitro benzene ring substituents is 1. The van der Waals surface area contributed by atoms with Crippen molar-refractivity contribution >= 4 is 22.8 Å². The number of nitrogens with zero attached hydrogens (tertiary/aromatic N) is 2. The number of benzene rings is 2. The van der Waals surface area contributed by atoms with Crippen LogP contribution < -0.4 is 9.47 Å². The minimum atomic E-state index is -0.666. The Morgan fingerprint density at radius 1 is 1.26 bits per heavy atom. The van der Waals surface area contributed by atoms with Crippen molar-refractivity contribution in [2.24, 2.45) is 0 Å². The third-order valence-electron chi connectivity index (χ3n) is 3.12. The Balaban J connectivity index is 1.86. The van der Waals surface area contributed by atoms with Gasteiger partial charge in [-0.25, -0.2) is 9.78 Å². The lowest BCUT2D eigenvalue weighted by Gasteiger charge is -2.06. The van der Waals surface area contributed by atoms with E-state index in [1.807, 2.05) is 0 Å². The molecule has 0 saturated heterocycles. The Morgan fingerprint density at radius 3 is 2.83 bits per heavy atom. The number of hydrogen-bond donors (Lipinski definition) is 0. The maximum atomic E-state index is 12.1. The topological polar surface area (TPSA) is 105 Å². The van der Waals surface area contributed by atoms with E-state index in [9.17, 15) is 14.9 Å². The van der Waals surface area contributed by atoms with E-state index in [-0.39, 0.29) is 22.7 Å². The van der Waals surface area contributed by atoms with Gasteiger partial charge in [-0.3, -0.25) is 10.1 Å². The molecule has 0 radical (unpaired) electrons. The van der Waals surface area contributed by atoms with Crippen LogP contribution in [0, 0.1) is 10.1 Å². The summed E-state index contributed by atoms with van der Waals surface area (Å²) in [6, 6.07) is 8.50. The van der Waals surface area contributed by atoms with Crippen LogP contribution in [0.15, 0.2) is 47.2 Å². The number of rotatable bonds is 4. The fourth-order valence-electron chi connectivity index (χ4n) is 2.02. The Bertz CT molecular complexity index is 902. The molecule has 0 aliphatic heterocycles. The smallest absolute Gasteiger partial charge is 0.343 e. The molecule has 0 saturated carbocycles. The van der Waals surface area contributed by atoms with Crippen LogP contribution in [0.4, 0.5) is 5.69 Å². The van der Waals surface area contributed by atoms with Crippen molar-refractivity contribution < 1.29 is 23.6 Å². The number of oxazole rings is 1. The highest BCUT2D eigenvalue weighted by atomic mass is 16.6. The molecule has 3 rings (SSSR count). The van der Waals surface area contributed by atoms with E-state index in [0.717, 1.165) is 0 Å². The van der Waals surface area contributed by atoms with Crippen molar-refractivity contribution in [3.8, 4) is 11.5 Å². The number of esters is 1. The quantitative estimate of drug-likeness (QED) is 0.315. The first kappa shape index (κ1) is 14.5. The third kappa shape index (κ3) is 2.82. The average Bonchev–Trinajstić information content (AvgIpc) is 3.01. The van der Waals surface area contributed by atoms with E-state index in [1.165, 1.54) is 31.7 Å². The van der Waals surface area contributed by atoms with Gasteiger partial charge in [-0.2, -0.15) is 0 Å². The van der Waals surface area contributed by atoms with E-state index in [1.54, 1.807) is 18.2 Å². The summed E-state index contributed by atoms with van der Waals surface area (Å²) in [6.45, 7) is 0. The number of nitro groups is 1. The molecule has 8 heteroatoms. The van der Waals surface area contributed by atoms with Crippen molar-refractivity contribution in [1.82, 2.24) is 4.98 Å². The predicted molar refractivity (Wildman–Crippen MR) is 78.6 cm³/mol. The standard InChI is InChI=1S/C15H10N2O6/c1-21-14-6-9(2-4-12(14)17(19)20)15(18)23-10-3-5-13-11(7-10)16-8-22-13/h2-8H,1H3. The van der Waals surface area contributed by atoms with Crippen LogP contribution in [0.2, 0.25) is 0 Å². The minimum absolute atomic E-state index is 0.0172. The molecular formula is C15H10N2O6. The van der Waals surface area contributed by atoms with Gasteiger partial charge >= 0.3 is 11.7 Å². The van der Waals surface area contributed by atoms with E-state index in [2.05, 4.69) is 4.98 Å². The second-order valence-corrected chi connectivity index (χ2v) is 4.52. The van der Waals surface area contributed by atoms with E-state index in [0.29, 0.717) is 11.1 Å². The van der Waals surface area contributed by atoms with Crippen LogP contribution in [-0.4, -0.2) is 23.0 Å². The number of ether oxygens (including phenoxy) is 2. The Morgan fingerprint density at radius 2 is 2.09 bits per heavy atom. The van der Waals surface area contributed by atoms with Crippen LogP contribution >= 0.6 is 0 Å². The van der Waals surface area contributed by atoms with Gasteiger partial charge in [0.2, 0.25) is 0 Å². The number of carbonyl (C=O) groups is 1. The maximum Gasteiger partial charge on any atom is 0.343 e. The zero-order valence-corrected chi connectivity index (χ0v) is 11.9. The first-order valence-corrected chi connectivity index (χ1v) is 6.46. The van der Waals surface area contributed by atoms with Gasteiger partial charge in [0.25, 0.3) is 0 Å². The first-order valence-electron chi connectivity index (χ1n) is 6.46. The summed E-state index contributed by atoms with van der Waals surface area (Å²) >= 11 is 0.